The Kier molecular flexibility index (Phi) is 5.89. The maximum absolute atomic E-state index is 13.8. The van der Waals surface area contributed by atoms with Crippen molar-refractivity contribution in [1.82, 2.24) is 19.7 Å². The number of aromatic amines is 1. The van der Waals surface area contributed by atoms with E-state index < -0.39 is 0 Å². The van der Waals surface area contributed by atoms with E-state index in [1.807, 2.05) is 0 Å². The maximum Gasteiger partial charge on any atom is 0.237 e. The van der Waals surface area contributed by atoms with Gasteiger partial charge in [-0.2, -0.15) is 0 Å². The molecule has 2 aromatic carbocycles. The first-order valence-electron chi connectivity index (χ1n) is 12.7. The molecule has 1 N–H and O–H groups in total. The van der Waals surface area contributed by atoms with Crippen molar-refractivity contribution in [2.24, 2.45) is 0 Å². The van der Waals surface area contributed by atoms with Gasteiger partial charge in [0.2, 0.25) is 5.91 Å². The molecule has 2 saturated heterocycles. The lowest BCUT2D eigenvalue weighted by atomic mass is 9.77. The van der Waals surface area contributed by atoms with Crippen LogP contribution in [0.5, 0.6) is 0 Å². The van der Waals surface area contributed by atoms with Gasteiger partial charge >= 0.3 is 0 Å². The summed E-state index contributed by atoms with van der Waals surface area (Å²) in [5.74, 6) is 0.266. The minimum Gasteiger partial charge on any atom is -0.379 e. The molecule has 0 aliphatic carbocycles. The fraction of sp³-hybridized carbons (Fsp3) is 0.464. The van der Waals surface area contributed by atoms with Gasteiger partial charge in [-0.05, 0) is 36.5 Å². The Hall–Kier alpha value is -2.67. The Labute approximate surface area is 201 Å². The number of piperidine rings is 1. The van der Waals surface area contributed by atoms with Gasteiger partial charge in [0.15, 0.2) is 0 Å². The molecule has 6 heteroatoms. The van der Waals surface area contributed by atoms with Gasteiger partial charge < -0.3 is 14.6 Å². The number of carbonyl (C=O) groups is 1. The molecular weight excluding hydrogens is 424 g/mol. The molecule has 0 bridgehead atoms. The Morgan fingerprint density at radius 3 is 2.41 bits per heavy atom. The Morgan fingerprint density at radius 1 is 0.882 bits per heavy atom. The summed E-state index contributed by atoms with van der Waals surface area (Å²) < 4.78 is 5.50. The minimum absolute atomic E-state index is 0.247. The van der Waals surface area contributed by atoms with E-state index in [4.69, 9.17) is 4.74 Å². The highest BCUT2D eigenvalue weighted by atomic mass is 16.5. The van der Waals surface area contributed by atoms with E-state index in [2.05, 4.69) is 74.3 Å². The Morgan fingerprint density at radius 2 is 1.62 bits per heavy atom. The van der Waals surface area contributed by atoms with Gasteiger partial charge in [-0.15, -0.1) is 0 Å². The molecule has 0 unspecified atom stereocenters. The van der Waals surface area contributed by atoms with Gasteiger partial charge in [-0.3, -0.25) is 14.6 Å². The molecule has 3 aromatic rings. The number of carbonyl (C=O) groups excluding carboxylic acids is 1. The van der Waals surface area contributed by atoms with Crippen molar-refractivity contribution in [1.29, 1.82) is 0 Å². The summed E-state index contributed by atoms with van der Waals surface area (Å²) in [6, 6.07) is 19.3. The van der Waals surface area contributed by atoms with Crippen LogP contribution in [0.15, 0.2) is 54.6 Å². The second-order valence-electron chi connectivity index (χ2n) is 10.0. The van der Waals surface area contributed by atoms with Crippen LogP contribution in [0.4, 0.5) is 0 Å². The molecule has 1 aromatic heterocycles. The van der Waals surface area contributed by atoms with E-state index in [0.29, 0.717) is 6.54 Å². The number of rotatable bonds is 4. The van der Waals surface area contributed by atoms with E-state index >= 15 is 0 Å². The standard InChI is InChI=1S/C28H34N4O2/c33-26(21-31-16-18-34-19-17-31)32-13-10-24-23-8-4-5-9-25(23)29-27(24)28(32)11-14-30(15-12-28)20-22-6-2-1-3-7-22/h1-9,29H,10-21H2. The van der Waals surface area contributed by atoms with Crippen molar-refractivity contribution < 1.29 is 9.53 Å². The average molecular weight is 459 g/mol. The van der Waals surface area contributed by atoms with Gasteiger partial charge in [0.25, 0.3) is 0 Å². The van der Waals surface area contributed by atoms with E-state index in [1.165, 1.54) is 27.7 Å². The summed E-state index contributed by atoms with van der Waals surface area (Å²) >= 11 is 0. The second-order valence-corrected chi connectivity index (χ2v) is 10.0. The molecule has 0 radical (unpaired) electrons. The highest BCUT2D eigenvalue weighted by Gasteiger charge is 2.48. The number of H-pyrrole nitrogens is 1. The van der Waals surface area contributed by atoms with Crippen molar-refractivity contribution in [2.45, 2.75) is 31.3 Å². The first-order chi connectivity index (χ1) is 16.7. The van der Waals surface area contributed by atoms with E-state index in [0.717, 1.165) is 71.7 Å². The van der Waals surface area contributed by atoms with Crippen LogP contribution >= 0.6 is 0 Å². The molecule has 6 rings (SSSR count). The van der Waals surface area contributed by atoms with Crippen LogP contribution in [0.25, 0.3) is 10.9 Å². The summed E-state index contributed by atoms with van der Waals surface area (Å²) in [6.07, 6.45) is 2.85. The van der Waals surface area contributed by atoms with Gasteiger partial charge in [0.1, 0.15) is 0 Å². The molecule has 1 amide bonds. The lowest BCUT2D eigenvalue weighted by Crippen LogP contribution is -2.60. The molecule has 34 heavy (non-hydrogen) atoms. The number of aromatic nitrogens is 1. The summed E-state index contributed by atoms with van der Waals surface area (Å²) in [6.45, 7) is 7.38. The van der Waals surface area contributed by atoms with Gasteiger partial charge in [0.05, 0.1) is 25.3 Å². The van der Waals surface area contributed by atoms with Gasteiger partial charge in [-0.1, -0.05) is 48.5 Å². The minimum atomic E-state index is -0.247. The highest BCUT2D eigenvalue weighted by molar-refractivity contribution is 5.87. The van der Waals surface area contributed by atoms with Crippen molar-refractivity contribution >= 4 is 16.8 Å². The molecule has 0 saturated carbocycles. The number of benzene rings is 2. The topological polar surface area (TPSA) is 51.8 Å². The zero-order valence-electron chi connectivity index (χ0n) is 19.8. The second kappa shape index (κ2) is 9.17. The summed E-state index contributed by atoms with van der Waals surface area (Å²) in [4.78, 5) is 24.6. The molecule has 1 spiro atoms. The van der Waals surface area contributed by atoms with Crippen LogP contribution in [0, 0.1) is 0 Å². The quantitative estimate of drug-likeness (QED) is 0.651. The molecule has 6 nitrogen and oxygen atoms in total. The summed E-state index contributed by atoms with van der Waals surface area (Å²) in [5.41, 5.74) is 5.01. The smallest absolute Gasteiger partial charge is 0.237 e. The predicted octanol–water partition coefficient (Wildman–Crippen LogP) is 3.38. The van der Waals surface area contributed by atoms with Crippen molar-refractivity contribution in [2.75, 3.05) is 52.5 Å². The van der Waals surface area contributed by atoms with E-state index in [-0.39, 0.29) is 11.4 Å². The van der Waals surface area contributed by atoms with Gasteiger partial charge in [0, 0.05) is 55.9 Å². The van der Waals surface area contributed by atoms with Crippen LogP contribution in [0.3, 0.4) is 0 Å². The Bertz CT molecular complexity index is 1140. The largest absolute Gasteiger partial charge is 0.379 e. The maximum atomic E-state index is 13.8. The first kappa shape index (κ1) is 21.8. The Balaban J connectivity index is 1.30. The monoisotopic (exact) mass is 458 g/mol. The van der Waals surface area contributed by atoms with Crippen LogP contribution in [-0.2, 0) is 28.0 Å². The number of likely N-dealkylation sites (tertiary alicyclic amines) is 1. The fourth-order valence-electron chi connectivity index (χ4n) is 6.27. The lowest BCUT2D eigenvalue weighted by Gasteiger charge is -2.51. The number of amides is 1. The number of para-hydroxylation sites is 1. The third-order valence-corrected chi connectivity index (χ3v) is 8.08. The first-order valence-corrected chi connectivity index (χ1v) is 12.7. The van der Waals surface area contributed by atoms with Crippen LogP contribution in [0.1, 0.15) is 29.7 Å². The van der Waals surface area contributed by atoms with Crippen LogP contribution < -0.4 is 0 Å². The molecule has 0 atom stereocenters. The molecule has 3 aliphatic rings. The number of hydrogen-bond acceptors (Lipinski definition) is 4. The van der Waals surface area contributed by atoms with E-state index in [9.17, 15) is 4.79 Å². The zero-order chi connectivity index (χ0) is 23.0. The van der Waals surface area contributed by atoms with Crippen molar-refractivity contribution in [3.63, 3.8) is 0 Å². The number of morpholine rings is 1. The highest BCUT2D eigenvalue weighted by Crippen LogP contribution is 2.45. The molecule has 3 aliphatic heterocycles. The third kappa shape index (κ3) is 3.94. The summed E-state index contributed by atoms with van der Waals surface area (Å²) in [7, 11) is 0. The number of nitrogens with zero attached hydrogens (tertiary/aromatic N) is 3. The molecule has 4 heterocycles. The normalized spacial score (nSPS) is 21.1. The van der Waals surface area contributed by atoms with E-state index in [1.54, 1.807) is 0 Å². The molecule has 2 fully saturated rings. The summed E-state index contributed by atoms with van der Waals surface area (Å²) in [5, 5.41) is 1.32. The lowest BCUT2D eigenvalue weighted by molar-refractivity contribution is -0.144. The zero-order valence-corrected chi connectivity index (χ0v) is 19.8. The molecule has 178 valence electrons. The fourth-order valence-corrected chi connectivity index (χ4v) is 6.27. The van der Waals surface area contributed by atoms with Crippen molar-refractivity contribution in [3.05, 3.63) is 71.4 Å². The number of hydrogen-bond donors (Lipinski definition) is 1. The van der Waals surface area contributed by atoms with Crippen LogP contribution in [-0.4, -0.2) is 78.1 Å². The number of nitrogens with one attached hydrogen (secondary N) is 1. The SMILES string of the molecule is O=C(CN1CCOCC1)N1CCc2c([nH]c3ccccc23)C12CCN(Cc1ccccc1)CC2. The average Bonchev–Trinajstić information content (AvgIpc) is 3.27. The van der Waals surface area contributed by atoms with Crippen molar-refractivity contribution in [3.8, 4) is 0 Å². The predicted molar refractivity (Wildman–Crippen MR) is 134 cm³/mol. The van der Waals surface area contributed by atoms with Gasteiger partial charge in [-0.25, -0.2) is 0 Å². The van der Waals surface area contributed by atoms with Crippen LogP contribution in [0.2, 0.25) is 0 Å². The molecular formula is C28H34N4O2. The number of fused-ring (bicyclic) bond motifs is 4. The number of ether oxygens (including phenoxy) is 1. The third-order valence-electron chi connectivity index (χ3n) is 8.08.